The molecular formula is C16H18F4N4O3. The van der Waals surface area contributed by atoms with Crippen molar-refractivity contribution in [3.05, 3.63) is 35.5 Å². The van der Waals surface area contributed by atoms with Crippen molar-refractivity contribution in [1.82, 2.24) is 20.5 Å². The summed E-state index contributed by atoms with van der Waals surface area (Å²) < 4.78 is 55.9. The highest BCUT2D eigenvalue weighted by Crippen LogP contribution is 2.29. The van der Waals surface area contributed by atoms with Crippen LogP contribution in [0.25, 0.3) is 11.4 Å². The van der Waals surface area contributed by atoms with E-state index in [2.05, 4.69) is 20.0 Å². The fourth-order valence-corrected chi connectivity index (χ4v) is 2.33. The number of alkyl halides is 3. The number of benzene rings is 1. The number of hydrogen-bond acceptors (Lipinski definition) is 6. The number of likely N-dealkylation sites (N-methyl/N-ethyl adjacent to an activating group) is 1. The van der Waals surface area contributed by atoms with Crippen molar-refractivity contribution in [3.8, 4) is 11.4 Å². The summed E-state index contributed by atoms with van der Waals surface area (Å²) in [5.41, 5.74) is -1.06. The second kappa shape index (κ2) is 7.61. The molecule has 0 spiro atoms. The monoisotopic (exact) mass is 390 g/mol. The molecule has 0 atom stereocenters. The molecule has 0 saturated carbocycles. The average molecular weight is 390 g/mol. The number of rotatable bonds is 6. The molecule has 2 aromatic rings. The number of hydrogen-bond donors (Lipinski definition) is 1. The molecule has 2 rings (SSSR count). The van der Waals surface area contributed by atoms with E-state index in [1.807, 2.05) is 0 Å². The zero-order valence-corrected chi connectivity index (χ0v) is 15.0. The van der Waals surface area contributed by atoms with Gasteiger partial charge in [0.15, 0.2) is 0 Å². The number of carbonyl (C=O) groups is 1. The van der Waals surface area contributed by atoms with E-state index in [-0.39, 0.29) is 11.1 Å². The predicted octanol–water partition coefficient (Wildman–Crippen LogP) is 2.90. The van der Waals surface area contributed by atoms with Gasteiger partial charge in [-0.25, -0.2) is 4.39 Å². The Kier molecular flexibility index (Phi) is 5.85. The van der Waals surface area contributed by atoms with Gasteiger partial charge in [-0.1, -0.05) is 11.2 Å². The van der Waals surface area contributed by atoms with Crippen LogP contribution >= 0.6 is 0 Å². The SMILES string of the molecule is CON(C)CC(C)(C)NC(=O)c1ccc(-c2noc(C(F)(F)F)n2)cc1F. The van der Waals surface area contributed by atoms with Gasteiger partial charge in [0.2, 0.25) is 5.82 Å². The Balaban J connectivity index is 2.19. The number of aromatic nitrogens is 2. The van der Waals surface area contributed by atoms with Crippen LogP contribution in [0.4, 0.5) is 17.6 Å². The predicted molar refractivity (Wildman–Crippen MR) is 85.9 cm³/mol. The van der Waals surface area contributed by atoms with Crippen molar-refractivity contribution in [3.63, 3.8) is 0 Å². The van der Waals surface area contributed by atoms with Crippen LogP contribution in [0, 0.1) is 5.82 Å². The van der Waals surface area contributed by atoms with E-state index in [1.165, 1.54) is 18.2 Å². The summed E-state index contributed by atoms with van der Waals surface area (Å²) in [5.74, 6) is -3.59. The van der Waals surface area contributed by atoms with Crippen LogP contribution in [0.3, 0.4) is 0 Å². The number of nitrogens with one attached hydrogen (secondary N) is 1. The van der Waals surface area contributed by atoms with Crippen LogP contribution in [0.5, 0.6) is 0 Å². The van der Waals surface area contributed by atoms with Crippen molar-refractivity contribution in [1.29, 1.82) is 0 Å². The van der Waals surface area contributed by atoms with Gasteiger partial charge in [-0.15, -0.1) is 0 Å². The number of halogens is 4. The van der Waals surface area contributed by atoms with Crippen LogP contribution < -0.4 is 5.32 Å². The zero-order chi connectivity index (χ0) is 20.4. The van der Waals surface area contributed by atoms with Crippen LogP contribution in [-0.4, -0.2) is 47.4 Å². The average Bonchev–Trinajstić information content (AvgIpc) is 3.03. The Hall–Kier alpha value is -2.53. The minimum Gasteiger partial charge on any atom is -0.346 e. The van der Waals surface area contributed by atoms with Crippen LogP contribution in [-0.2, 0) is 11.0 Å². The number of nitrogens with zero attached hydrogens (tertiary/aromatic N) is 3. The molecule has 1 N–H and O–H groups in total. The van der Waals surface area contributed by atoms with Crippen molar-refractivity contribution >= 4 is 5.91 Å². The van der Waals surface area contributed by atoms with Crippen LogP contribution in [0.2, 0.25) is 0 Å². The normalized spacial score (nSPS) is 12.5. The molecule has 27 heavy (non-hydrogen) atoms. The summed E-state index contributed by atoms with van der Waals surface area (Å²) >= 11 is 0. The lowest BCUT2D eigenvalue weighted by Gasteiger charge is -2.30. The second-order valence-electron chi connectivity index (χ2n) is 6.42. The Bertz CT molecular complexity index is 820. The largest absolute Gasteiger partial charge is 0.471 e. The molecule has 0 bridgehead atoms. The molecule has 0 aliphatic heterocycles. The van der Waals surface area contributed by atoms with E-state index >= 15 is 0 Å². The molecule has 7 nitrogen and oxygen atoms in total. The van der Waals surface area contributed by atoms with E-state index in [4.69, 9.17) is 4.84 Å². The van der Waals surface area contributed by atoms with Gasteiger partial charge in [-0.05, 0) is 26.0 Å². The van der Waals surface area contributed by atoms with Crippen molar-refractivity contribution < 1.29 is 31.7 Å². The van der Waals surface area contributed by atoms with Crippen molar-refractivity contribution in [2.75, 3.05) is 20.7 Å². The highest BCUT2D eigenvalue weighted by atomic mass is 19.4. The van der Waals surface area contributed by atoms with E-state index in [1.54, 1.807) is 20.9 Å². The summed E-state index contributed by atoms with van der Waals surface area (Å²) in [6.45, 7) is 3.79. The highest BCUT2D eigenvalue weighted by molar-refractivity contribution is 5.95. The van der Waals surface area contributed by atoms with Crippen molar-refractivity contribution in [2.24, 2.45) is 0 Å². The molecule has 0 radical (unpaired) electrons. The van der Waals surface area contributed by atoms with E-state index in [0.29, 0.717) is 6.54 Å². The molecule has 0 aliphatic carbocycles. The van der Waals surface area contributed by atoms with Gasteiger partial charge >= 0.3 is 12.1 Å². The number of amides is 1. The first-order valence-electron chi connectivity index (χ1n) is 7.71. The lowest BCUT2D eigenvalue weighted by Crippen LogP contribution is -2.50. The topological polar surface area (TPSA) is 80.5 Å². The number of hydroxylamine groups is 2. The standard InChI is InChI=1S/C16H18F4N4O3/c1-15(2,8-24(3)26-4)22-13(25)10-6-5-9(7-11(10)17)12-21-14(27-23-12)16(18,19)20/h5-7H,8H2,1-4H3,(H,22,25). The first-order chi connectivity index (χ1) is 12.4. The third kappa shape index (κ3) is 5.23. The molecular weight excluding hydrogens is 372 g/mol. The van der Waals surface area contributed by atoms with Gasteiger partial charge in [0.1, 0.15) is 5.82 Å². The van der Waals surface area contributed by atoms with E-state index in [0.717, 1.165) is 12.1 Å². The summed E-state index contributed by atoms with van der Waals surface area (Å²) in [7, 11) is 3.14. The van der Waals surface area contributed by atoms with Gasteiger partial charge in [0, 0.05) is 24.7 Å². The molecule has 0 fully saturated rings. The Morgan fingerprint density at radius 1 is 1.33 bits per heavy atom. The third-order valence-electron chi connectivity index (χ3n) is 3.52. The van der Waals surface area contributed by atoms with E-state index in [9.17, 15) is 22.4 Å². The zero-order valence-electron chi connectivity index (χ0n) is 15.0. The summed E-state index contributed by atoms with van der Waals surface area (Å²) in [4.78, 5) is 20.5. The quantitative estimate of drug-likeness (QED) is 0.604. The summed E-state index contributed by atoms with van der Waals surface area (Å²) in [5, 5.41) is 7.33. The molecule has 1 amide bonds. The molecule has 1 aromatic heterocycles. The second-order valence-corrected chi connectivity index (χ2v) is 6.42. The minimum absolute atomic E-state index is 0.0540. The first kappa shape index (κ1) is 20.8. The molecule has 11 heteroatoms. The molecule has 1 aromatic carbocycles. The molecule has 0 aliphatic rings. The van der Waals surface area contributed by atoms with E-state index < -0.39 is 35.2 Å². The fraction of sp³-hybridized carbons (Fsp3) is 0.438. The lowest BCUT2D eigenvalue weighted by atomic mass is 10.0. The maximum atomic E-state index is 14.3. The van der Waals surface area contributed by atoms with Gasteiger partial charge < -0.3 is 14.7 Å². The Morgan fingerprint density at radius 3 is 2.52 bits per heavy atom. The molecule has 0 saturated heterocycles. The van der Waals surface area contributed by atoms with Gasteiger partial charge in [0.05, 0.1) is 12.7 Å². The first-order valence-corrected chi connectivity index (χ1v) is 7.71. The molecule has 148 valence electrons. The smallest absolute Gasteiger partial charge is 0.346 e. The molecule has 0 unspecified atom stereocenters. The van der Waals surface area contributed by atoms with Gasteiger partial charge in [0.25, 0.3) is 5.91 Å². The van der Waals surface area contributed by atoms with Gasteiger partial charge in [-0.2, -0.15) is 23.2 Å². The maximum Gasteiger partial charge on any atom is 0.471 e. The van der Waals surface area contributed by atoms with Crippen molar-refractivity contribution in [2.45, 2.75) is 25.6 Å². The fourth-order valence-electron chi connectivity index (χ4n) is 2.33. The summed E-state index contributed by atoms with van der Waals surface area (Å²) in [6, 6.07) is 3.24. The maximum absolute atomic E-state index is 14.3. The number of carbonyl (C=O) groups excluding carboxylic acids is 1. The minimum atomic E-state index is -4.80. The van der Waals surface area contributed by atoms with Crippen LogP contribution in [0.15, 0.2) is 22.7 Å². The molecule has 1 heterocycles. The Labute approximate surface area is 152 Å². The summed E-state index contributed by atoms with van der Waals surface area (Å²) in [6.07, 6.45) is -4.80. The Morgan fingerprint density at radius 2 is 2.00 bits per heavy atom. The third-order valence-corrected chi connectivity index (χ3v) is 3.52. The lowest BCUT2D eigenvalue weighted by molar-refractivity contribution is -0.159. The van der Waals surface area contributed by atoms with Gasteiger partial charge in [-0.3, -0.25) is 4.79 Å². The highest BCUT2D eigenvalue weighted by Gasteiger charge is 2.38. The van der Waals surface area contributed by atoms with Crippen LogP contribution in [0.1, 0.15) is 30.1 Å².